The summed E-state index contributed by atoms with van der Waals surface area (Å²) in [7, 11) is -5.36. The Morgan fingerprint density at radius 1 is 1.22 bits per heavy atom. The fourth-order valence-electron chi connectivity index (χ4n) is 2.66. The zero-order valence-electron chi connectivity index (χ0n) is 13.0. The molecule has 142 valence electrons. The van der Waals surface area contributed by atoms with E-state index in [2.05, 4.69) is 4.85 Å². The molecule has 0 unspecified atom stereocenters. The van der Waals surface area contributed by atoms with E-state index >= 15 is 0 Å². The Bertz CT molecular complexity index is 1080. The third kappa shape index (κ3) is 2.72. The molecular weight excluding hydrogens is 397 g/mol. The predicted molar refractivity (Wildman–Crippen MR) is 81.2 cm³/mol. The van der Waals surface area contributed by atoms with Crippen molar-refractivity contribution in [1.82, 2.24) is 0 Å². The van der Waals surface area contributed by atoms with Gasteiger partial charge in [0.2, 0.25) is 15.5 Å². The Hall–Kier alpha value is -2.71. The first-order chi connectivity index (χ1) is 12.5. The Kier molecular flexibility index (Phi) is 4.36. The van der Waals surface area contributed by atoms with Crippen LogP contribution in [0.25, 0.3) is 4.85 Å². The van der Waals surface area contributed by atoms with E-state index in [0.717, 1.165) is 24.3 Å². The smallest absolute Gasteiger partial charge is 0.379 e. The quantitative estimate of drug-likeness (QED) is 0.602. The lowest BCUT2D eigenvalue weighted by Crippen LogP contribution is -2.28. The molecule has 27 heavy (non-hydrogen) atoms. The second kappa shape index (κ2) is 6.17. The van der Waals surface area contributed by atoms with Crippen molar-refractivity contribution in [1.29, 1.82) is 0 Å². The van der Waals surface area contributed by atoms with Crippen molar-refractivity contribution in [3.05, 3.63) is 58.7 Å². The zero-order valence-corrected chi connectivity index (χ0v) is 13.8. The minimum absolute atomic E-state index is 0.258. The molecule has 11 heteroatoms. The molecule has 1 N–H and O–H groups in total. The van der Waals surface area contributed by atoms with Gasteiger partial charge in [0.05, 0.1) is 17.0 Å². The molecule has 0 saturated heterocycles. The number of benzene rings is 2. The van der Waals surface area contributed by atoms with Gasteiger partial charge in [0.15, 0.2) is 6.10 Å². The molecule has 0 bridgehead atoms. The van der Waals surface area contributed by atoms with Crippen molar-refractivity contribution >= 4 is 15.5 Å². The molecule has 0 amide bonds. The van der Waals surface area contributed by atoms with E-state index in [4.69, 9.17) is 11.3 Å². The van der Waals surface area contributed by atoms with Crippen LogP contribution < -0.4 is 4.74 Å². The van der Waals surface area contributed by atoms with Gasteiger partial charge in [-0.25, -0.2) is 26.4 Å². The highest BCUT2D eigenvalue weighted by Gasteiger charge is 2.61. The molecule has 1 aliphatic rings. The second-order valence-electron chi connectivity index (χ2n) is 5.48. The Morgan fingerprint density at radius 2 is 1.89 bits per heavy atom. The van der Waals surface area contributed by atoms with Gasteiger partial charge >= 0.3 is 5.25 Å². The van der Waals surface area contributed by atoms with Crippen molar-refractivity contribution in [3.8, 4) is 11.5 Å². The van der Waals surface area contributed by atoms with E-state index in [-0.39, 0.29) is 5.75 Å². The number of hydrogen-bond acceptors (Lipinski definition) is 4. The molecule has 2 aromatic carbocycles. The van der Waals surface area contributed by atoms with Gasteiger partial charge in [-0.15, -0.1) is 0 Å². The summed E-state index contributed by atoms with van der Waals surface area (Å²) in [5, 5.41) is 5.00. The lowest BCUT2D eigenvalue weighted by molar-refractivity contribution is -0.0391. The number of hydrogen-bond donors (Lipinski definition) is 1. The van der Waals surface area contributed by atoms with E-state index in [1.165, 1.54) is 0 Å². The summed E-state index contributed by atoms with van der Waals surface area (Å²) >= 11 is 0. The summed E-state index contributed by atoms with van der Waals surface area (Å²) < 4.78 is 96.9. The number of fused-ring (bicyclic) bond motifs is 1. The van der Waals surface area contributed by atoms with Crippen LogP contribution in [0.5, 0.6) is 11.5 Å². The second-order valence-corrected chi connectivity index (χ2v) is 7.48. The first kappa shape index (κ1) is 19.1. The number of aliphatic hydroxyl groups excluding tert-OH is 1. The molecule has 2 aromatic rings. The highest BCUT2D eigenvalue weighted by Crippen LogP contribution is 2.53. The number of rotatable bonds is 3. The van der Waals surface area contributed by atoms with Crippen LogP contribution in [-0.2, 0) is 9.84 Å². The minimum Gasteiger partial charge on any atom is -0.458 e. The summed E-state index contributed by atoms with van der Waals surface area (Å²) in [5.41, 5.74) is -2.85. The largest absolute Gasteiger partial charge is 0.458 e. The SMILES string of the molecule is [C-]#[N+]c1cc(Oc2ccc3c(c2C(F)F)[C@@H](O)C(F)(F)S3(=O)=O)ccc1F. The van der Waals surface area contributed by atoms with Crippen molar-refractivity contribution in [2.24, 2.45) is 0 Å². The maximum Gasteiger partial charge on any atom is 0.379 e. The zero-order chi connectivity index (χ0) is 20.1. The average molecular weight is 405 g/mol. The van der Waals surface area contributed by atoms with Crippen LogP contribution in [0.4, 0.5) is 27.6 Å². The van der Waals surface area contributed by atoms with E-state index < -0.39 is 60.9 Å². The molecular formula is C16H8F5NO4S. The third-order valence-corrected chi connectivity index (χ3v) is 5.81. The standard InChI is InChI=1S/C16H8F5NO4S/c1-22-9-6-7(2-3-8(9)17)26-10-4-5-11-13(12(10)15(18)19)14(23)16(20,21)27(11,24)25/h2-6,14-15,23H/t14-/m1/s1. The van der Waals surface area contributed by atoms with Gasteiger partial charge in [-0.05, 0) is 30.3 Å². The van der Waals surface area contributed by atoms with Gasteiger partial charge in [0, 0.05) is 5.56 Å². The van der Waals surface area contributed by atoms with E-state index in [1.54, 1.807) is 0 Å². The summed E-state index contributed by atoms with van der Waals surface area (Å²) in [6.07, 6.45) is -6.47. The van der Waals surface area contributed by atoms with Crippen LogP contribution in [0.2, 0.25) is 0 Å². The predicted octanol–water partition coefficient (Wildman–Crippen LogP) is 4.52. The van der Waals surface area contributed by atoms with Gasteiger partial charge in [-0.2, -0.15) is 8.78 Å². The molecule has 0 aromatic heterocycles. The summed E-state index contributed by atoms with van der Waals surface area (Å²) in [5.74, 6) is -1.86. The van der Waals surface area contributed by atoms with Crippen LogP contribution in [0.15, 0.2) is 35.2 Å². The molecule has 0 fully saturated rings. The van der Waals surface area contributed by atoms with E-state index in [0.29, 0.717) is 6.07 Å². The Labute approximate surface area is 149 Å². The highest BCUT2D eigenvalue weighted by atomic mass is 32.2. The number of sulfone groups is 1. The van der Waals surface area contributed by atoms with Crippen LogP contribution in [0, 0.1) is 12.4 Å². The molecule has 1 atom stereocenters. The molecule has 0 radical (unpaired) electrons. The number of ether oxygens (including phenoxy) is 1. The number of nitrogens with zero attached hydrogens (tertiary/aromatic N) is 1. The van der Waals surface area contributed by atoms with Gasteiger partial charge < -0.3 is 9.84 Å². The van der Waals surface area contributed by atoms with Crippen LogP contribution in [0.1, 0.15) is 23.7 Å². The Morgan fingerprint density at radius 3 is 2.48 bits per heavy atom. The number of aliphatic hydroxyl groups is 1. The van der Waals surface area contributed by atoms with Gasteiger partial charge in [-0.3, -0.25) is 0 Å². The molecule has 5 nitrogen and oxygen atoms in total. The number of alkyl halides is 4. The maximum atomic E-state index is 13.9. The first-order valence-electron chi connectivity index (χ1n) is 7.12. The molecule has 1 heterocycles. The first-order valence-corrected chi connectivity index (χ1v) is 8.61. The summed E-state index contributed by atoms with van der Waals surface area (Å²) in [6, 6.07) is 4.09. The maximum absolute atomic E-state index is 13.9. The van der Waals surface area contributed by atoms with Crippen LogP contribution in [-0.4, -0.2) is 18.8 Å². The minimum atomic E-state index is -5.36. The third-order valence-electron chi connectivity index (χ3n) is 3.93. The lowest BCUT2D eigenvalue weighted by Gasteiger charge is -2.17. The molecule has 0 saturated carbocycles. The van der Waals surface area contributed by atoms with Crippen molar-refractivity contribution in [2.45, 2.75) is 22.7 Å². The monoisotopic (exact) mass is 405 g/mol. The van der Waals surface area contributed by atoms with Crippen molar-refractivity contribution in [2.75, 3.05) is 0 Å². The molecule has 1 aliphatic heterocycles. The van der Waals surface area contributed by atoms with E-state index in [9.17, 15) is 35.5 Å². The van der Waals surface area contributed by atoms with Crippen molar-refractivity contribution < 1.29 is 40.2 Å². The summed E-state index contributed by atoms with van der Waals surface area (Å²) in [4.78, 5) is 1.74. The van der Waals surface area contributed by atoms with E-state index in [1.807, 2.05) is 0 Å². The fourth-order valence-corrected chi connectivity index (χ4v) is 4.12. The topological polar surface area (TPSA) is 68.0 Å². The van der Waals surface area contributed by atoms with Crippen LogP contribution in [0.3, 0.4) is 0 Å². The Balaban J connectivity index is 2.18. The molecule has 3 rings (SSSR count). The van der Waals surface area contributed by atoms with Crippen LogP contribution >= 0.6 is 0 Å². The molecule has 0 aliphatic carbocycles. The summed E-state index contributed by atoms with van der Waals surface area (Å²) in [6.45, 7) is 6.81. The fraction of sp³-hybridized carbons (Fsp3) is 0.188. The van der Waals surface area contributed by atoms with Gasteiger partial charge in [0.1, 0.15) is 17.3 Å². The van der Waals surface area contributed by atoms with Gasteiger partial charge in [-0.1, -0.05) is 0 Å². The normalized spacial score (nSPS) is 19.6. The number of halogens is 5. The van der Waals surface area contributed by atoms with Crippen molar-refractivity contribution in [3.63, 3.8) is 0 Å². The van der Waals surface area contributed by atoms with Gasteiger partial charge in [0.25, 0.3) is 6.43 Å². The highest BCUT2D eigenvalue weighted by molar-refractivity contribution is 7.92. The average Bonchev–Trinajstić information content (AvgIpc) is 2.73. The lowest BCUT2D eigenvalue weighted by atomic mass is 10.0. The molecule has 0 spiro atoms.